The van der Waals surface area contributed by atoms with Crippen molar-refractivity contribution in [3.05, 3.63) is 59.7 Å². The predicted octanol–water partition coefficient (Wildman–Crippen LogP) is 3.22. The number of ether oxygens (including phenoxy) is 2. The van der Waals surface area contributed by atoms with Gasteiger partial charge in [0.15, 0.2) is 11.5 Å². The molecular formula is C17H20N2O2. The molecule has 1 N–H and O–H groups in total. The molecular weight excluding hydrogens is 264 g/mol. The minimum atomic E-state index is 0.519. The Hall–Kier alpha value is -2.49. The number of hydrazone groups is 1. The number of benzene rings is 2. The predicted molar refractivity (Wildman–Crippen MR) is 85.0 cm³/mol. The molecule has 0 unspecified atom stereocenters. The summed E-state index contributed by atoms with van der Waals surface area (Å²) in [6.07, 6.45) is 1.74. The van der Waals surface area contributed by atoms with Crippen LogP contribution < -0.4 is 14.9 Å². The van der Waals surface area contributed by atoms with Gasteiger partial charge in [0.1, 0.15) is 6.61 Å². The van der Waals surface area contributed by atoms with Gasteiger partial charge in [0.25, 0.3) is 0 Å². The van der Waals surface area contributed by atoms with Gasteiger partial charge in [0.2, 0.25) is 0 Å². The van der Waals surface area contributed by atoms with Crippen LogP contribution in [0.5, 0.6) is 11.5 Å². The van der Waals surface area contributed by atoms with Gasteiger partial charge in [-0.1, -0.05) is 30.3 Å². The number of nitrogens with one attached hydrogen (secondary N) is 1. The van der Waals surface area contributed by atoms with Gasteiger partial charge in [-0.15, -0.1) is 0 Å². The molecule has 2 aromatic rings. The van der Waals surface area contributed by atoms with Crippen LogP contribution in [0, 0.1) is 0 Å². The lowest BCUT2D eigenvalue weighted by Crippen LogP contribution is -2.01. The Morgan fingerprint density at radius 1 is 1.05 bits per heavy atom. The average Bonchev–Trinajstić information content (AvgIpc) is 2.53. The summed E-state index contributed by atoms with van der Waals surface area (Å²) in [5, 5.41) is 4.00. The molecule has 2 aromatic carbocycles. The second-order valence-corrected chi connectivity index (χ2v) is 4.40. The van der Waals surface area contributed by atoms with Crippen LogP contribution in [0.25, 0.3) is 0 Å². The van der Waals surface area contributed by atoms with Crippen molar-refractivity contribution in [1.82, 2.24) is 5.43 Å². The molecule has 0 saturated heterocycles. The van der Waals surface area contributed by atoms with Gasteiger partial charge >= 0.3 is 0 Å². The van der Waals surface area contributed by atoms with Gasteiger partial charge in [0.05, 0.1) is 12.8 Å². The standard InChI is InChI=1S/C17H20N2O2/c1-3-20-17-11-15(12-19-18-2)9-10-16(17)21-13-14-7-5-4-6-8-14/h4-12,18H,3,13H2,1-2H3/b19-12+. The van der Waals surface area contributed by atoms with Crippen LogP contribution in [0.3, 0.4) is 0 Å². The summed E-state index contributed by atoms with van der Waals surface area (Å²) in [5.74, 6) is 1.47. The van der Waals surface area contributed by atoms with Crippen molar-refractivity contribution in [3.63, 3.8) is 0 Å². The molecule has 21 heavy (non-hydrogen) atoms. The summed E-state index contributed by atoms with van der Waals surface area (Å²) in [5.41, 5.74) is 4.81. The zero-order valence-electron chi connectivity index (χ0n) is 12.4. The van der Waals surface area contributed by atoms with E-state index in [-0.39, 0.29) is 0 Å². The highest BCUT2D eigenvalue weighted by atomic mass is 16.5. The lowest BCUT2D eigenvalue weighted by Gasteiger charge is -2.12. The third-order valence-corrected chi connectivity index (χ3v) is 2.85. The van der Waals surface area contributed by atoms with E-state index in [4.69, 9.17) is 9.47 Å². The second-order valence-electron chi connectivity index (χ2n) is 4.40. The molecule has 0 aromatic heterocycles. The van der Waals surface area contributed by atoms with E-state index < -0.39 is 0 Å². The number of hydrogen-bond donors (Lipinski definition) is 1. The van der Waals surface area contributed by atoms with Crippen molar-refractivity contribution >= 4 is 6.21 Å². The van der Waals surface area contributed by atoms with Gasteiger partial charge in [-0.3, -0.25) is 0 Å². The maximum absolute atomic E-state index is 5.85. The molecule has 0 amide bonds. The van der Waals surface area contributed by atoms with Crippen LogP contribution in [-0.4, -0.2) is 19.9 Å². The van der Waals surface area contributed by atoms with Crippen LogP contribution in [0.4, 0.5) is 0 Å². The molecule has 0 aliphatic carbocycles. The van der Waals surface area contributed by atoms with Gasteiger partial charge < -0.3 is 14.9 Å². The van der Waals surface area contributed by atoms with Gasteiger partial charge in [0, 0.05) is 7.05 Å². The topological polar surface area (TPSA) is 42.8 Å². The van der Waals surface area contributed by atoms with Gasteiger partial charge in [-0.2, -0.15) is 5.10 Å². The van der Waals surface area contributed by atoms with Crippen molar-refractivity contribution in [1.29, 1.82) is 0 Å². The van der Waals surface area contributed by atoms with E-state index in [1.807, 2.05) is 55.5 Å². The summed E-state index contributed by atoms with van der Waals surface area (Å²) in [7, 11) is 1.76. The van der Waals surface area contributed by atoms with E-state index in [2.05, 4.69) is 10.5 Å². The molecule has 0 fully saturated rings. The lowest BCUT2D eigenvalue weighted by molar-refractivity contribution is 0.269. The van der Waals surface area contributed by atoms with Crippen LogP contribution in [0.15, 0.2) is 53.6 Å². The van der Waals surface area contributed by atoms with E-state index in [1.54, 1.807) is 13.3 Å². The van der Waals surface area contributed by atoms with E-state index in [1.165, 1.54) is 0 Å². The summed E-state index contributed by atoms with van der Waals surface area (Å²) >= 11 is 0. The highest BCUT2D eigenvalue weighted by Crippen LogP contribution is 2.28. The van der Waals surface area contributed by atoms with Crippen molar-refractivity contribution < 1.29 is 9.47 Å². The molecule has 0 bridgehead atoms. The SMILES string of the molecule is CCOc1cc(/C=N/NC)ccc1OCc1ccccc1. The molecule has 0 radical (unpaired) electrons. The molecule has 0 spiro atoms. The molecule has 0 aliphatic rings. The highest BCUT2D eigenvalue weighted by Gasteiger charge is 2.06. The lowest BCUT2D eigenvalue weighted by atomic mass is 10.2. The zero-order chi connectivity index (χ0) is 14.9. The fraction of sp³-hybridized carbons (Fsp3) is 0.235. The first kappa shape index (κ1) is 14.9. The van der Waals surface area contributed by atoms with Crippen molar-refractivity contribution in [2.45, 2.75) is 13.5 Å². The largest absolute Gasteiger partial charge is 0.490 e. The van der Waals surface area contributed by atoms with Crippen LogP contribution in [0.1, 0.15) is 18.1 Å². The fourth-order valence-corrected chi connectivity index (χ4v) is 1.87. The van der Waals surface area contributed by atoms with Crippen molar-refractivity contribution in [3.8, 4) is 11.5 Å². The quantitative estimate of drug-likeness (QED) is 0.627. The normalized spacial score (nSPS) is 10.6. The minimum absolute atomic E-state index is 0.519. The summed E-state index contributed by atoms with van der Waals surface area (Å²) < 4.78 is 11.5. The fourth-order valence-electron chi connectivity index (χ4n) is 1.87. The van der Waals surface area contributed by atoms with Crippen molar-refractivity contribution in [2.24, 2.45) is 5.10 Å². The maximum atomic E-state index is 5.85. The van der Waals surface area contributed by atoms with E-state index in [0.29, 0.717) is 13.2 Å². The molecule has 4 nitrogen and oxygen atoms in total. The third-order valence-electron chi connectivity index (χ3n) is 2.85. The summed E-state index contributed by atoms with van der Waals surface area (Å²) in [6.45, 7) is 3.06. The van der Waals surface area contributed by atoms with Crippen LogP contribution in [0.2, 0.25) is 0 Å². The average molecular weight is 284 g/mol. The van der Waals surface area contributed by atoms with E-state index in [0.717, 1.165) is 22.6 Å². The Morgan fingerprint density at radius 2 is 1.86 bits per heavy atom. The molecule has 4 heteroatoms. The Bertz CT molecular complexity index is 583. The molecule has 0 aliphatic heterocycles. The third kappa shape index (κ3) is 4.53. The number of hydrogen-bond acceptors (Lipinski definition) is 4. The first-order chi connectivity index (χ1) is 10.3. The molecule has 2 rings (SSSR count). The van der Waals surface area contributed by atoms with Gasteiger partial charge in [-0.05, 0) is 36.2 Å². The smallest absolute Gasteiger partial charge is 0.161 e. The Labute approximate surface area is 125 Å². The van der Waals surface area contributed by atoms with E-state index in [9.17, 15) is 0 Å². The molecule has 0 heterocycles. The number of nitrogens with zero attached hydrogens (tertiary/aromatic N) is 1. The van der Waals surface area contributed by atoms with Crippen LogP contribution >= 0.6 is 0 Å². The minimum Gasteiger partial charge on any atom is -0.490 e. The highest BCUT2D eigenvalue weighted by molar-refractivity contribution is 5.80. The Kier molecular flexibility index (Phi) is 5.64. The summed E-state index contributed by atoms with van der Waals surface area (Å²) in [6, 6.07) is 15.8. The summed E-state index contributed by atoms with van der Waals surface area (Å²) in [4.78, 5) is 0. The van der Waals surface area contributed by atoms with Crippen molar-refractivity contribution in [2.75, 3.05) is 13.7 Å². The molecule has 0 saturated carbocycles. The monoisotopic (exact) mass is 284 g/mol. The maximum Gasteiger partial charge on any atom is 0.161 e. The van der Waals surface area contributed by atoms with Crippen LogP contribution in [-0.2, 0) is 6.61 Å². The first-order valence-electron chi connectivity index (χ1n) is 6.97. The second kappa shape index (κ2) is 7.94. The molecule has 0 atom stereocenters. The van der Waals surface area contributed by atoms with Gasteiger partial charge in [-0.25, -0.2) is 0 Å². The molecule has 110 valence electrons. The first-order valence-corrected chi connectivity index (χ1v) is 6.97. The Balaban J connectivity index is 2.12. The Morgan fingerprint density at radius 3 is 2.57 bits per heavy atom. The number of rotatable bonds is 7. The zero-order valence-corrected chi connectivity index (χ0v) is 12.4. The van der Waals surface area contributed by atoms with E-state index >= 15 is 0 Å².